The fourth-order valence-electron chi connectivity index (χ4n) is 2.54. The average Bonchev–Trinajstić information content (AvgIpc) is 2.79. The Bertz CT molecular complexity index is 533. The number of carbonyl (C=O) groups is 3. The van der Waals surface area contributed by atoms with E-state index in [-0.39, 0.29) is 12.5 Å². The highest BCUT2D eigenvalue weighted by molar-refractivity contribution is 6.19. The second-order valence-corrected chi connectivity index (χ2v) is 4.92. The number of hydrogen-bond donors (Lipinski definition) is 1. The van der Waals surface area contributed by atoms with Gasteiger partial charge in [0.25, 0.3) is 0 Å². The molecule has 0 bridgehead atoms. The minimum atomic E-state index is -0.988. The largest absolute Gasteiger partial charge is 0.330 e. The van der Waals surface area contributed by atoms with Gasteiger partial charge in [0.1, 0.15) is 5.41 Å². The summed E-state index contributed by atoms with van der Waals surface area (Å²) in [6.45, 7) is 0.651. The van der Waals surface area contributed by atoms with E-state index in [2.05, 4.69) is 10.4 Å². The summed E-state index contributed by atoms with van der Waals surface area (Å²) in [6, 6.07) is 1.15. The van der Waals surface area contributed by atoms with Crippen molar-refractivity contribution in [3.63, 3.8) is 0 Å². The number of urea groups is 1. The molecule has 3 rings (SSSR count). The maximum Gasteiger partial charge on any atom is 0.330 e. The first-order valence-corrected chi connectivity index (χ1v) is 6.28. The second-order valence-electron chi connectivity index (χ2n) is 4.92. The molecule has 100 valence electrons. The molecule has 1 saturated carbocycles. The average molecular weight is 262 g/mol. The van der Waals surface area contributed by atoms with Crippen molar-refractivity contribution < 1.29 is 14.4 Å². The Kier molecular flexibility index (Phi) is 2.62. The summed E-state index contributed by atoms with van der Waals surface area (Å²) >= 11 is 0. The number of nitrogens with one attached hydrogen (secondary N) is 1. The van der Waals surface area contributed by atoms with E-state index in [0.29, 0.717) is 19.4 Å². The summed E-state index contributed by atoms with van der Waals surface area (Å²) in [6.07, 6.45) is 5.30. The second kappa shape index (κ2) is 4.18. The van der Waals surface area contributed by atoms with Crippen molar-refractivity contribution in [2.75, 3.05) is 6.54 Å². The lowest BCUT2D eigenvalue weighted by Gasteiger charge is -2.44. The van der Waals surface area contributed by atoms with Gasteiger partial charge < -0.3 is 0 Å². The third-order valence-electron chi connectivity index (χ3n) is 3.87. The van der Waals surface area contributed by atoms with Crippen LogP contribution in [0.3, 0.4) is 0 Å². The van der Waals surface area contributed by atoms with Crippen LogP contribution in [0, 0.1) is 5.41 Å². The molecule has 19 heavy (non-hydrogen) atoms. The summed E-state index contributed by atoms with van der Waals surface area (Å²) < 4.78 is 1.64. The number of aromatic nitrogens is 2. The number of amides is 4. The van der Waals surface area contributed by atoms with E-state index in [0.717, 1.165) is 11.3 Å². The number of barbiturate groups is 1. The van der Waals surface area contributed by atoms with Gasteiger partial charge in [-0.3, -0.25) is 24.5 Å². The normalized spacial score (nSPS) is 21.5. The molecule has 0 radical (unpaired) electrons. The molecule has 1 N–H and O–H groups in total. The van der Waals surface area contributed by atoms with Crippen molar-refractivity contribution in [2.45, 2.75) is 25.8 Å². The Hall–Kier alpha value is -2.18. The fraction of sp³-hybridized carbons (Fsp3) is 0.500. The monoisotopic (exact) mass is 262 g/mol. The van der Waals surface area contributed by atoms with Crippen molar-refractivity contribution in [2.24, 2.45) is 5.41 Å². The molecule has 2 fully saturated rings. The molecule has 1 spiro atoms. The van der Waals surface area contributed by atoms with Crippen molar-refractivity contribution in [1.29, 1.82) is 0 Å². The molecule has 7 heteroatoms. The van der Waals surface area contributed by atoms with E-state index in [4.69, 9.17) is 0 Å². The quantitative estimate of drug-likeness (QED) is 0.785. The third kappa shape index (κ3) is 1.73. The van der Waals surface area contributed by atoms with E-state index < -0.39 is 17.4 Å². The maximum absolute atomic E-state index is 12.3. The van der Waals surface area contributed by atoms with Crippen LogP contribution in [-0.2, 0) is 16.1 Å². The Morgan fingerprint density at radius 3 is 2.63 bits per heavy atom. The van der Waals surface area contributed by atoms with Crippen LogP contribution in [0.15, 0.2) is 18.5 Å². The topological polar surface area (TPSA) is 84.3 Å². The Balaban J connectivity index is 1.74. The number of carbonyl (C=O) groups excluding carboxylic acids is 3. The van der Waals surface area contributed by atoms with Crippen LogP contribution in [0.25, 0.3) is 0 Å². The van der Waals surface area contributed by atoms with Gasteiger partial charge in [-0.2, -0.15) is 5.10 Å². The highest BCUT2D eigenvalue weighted by Crippen LogP contribution is 2.44. The molecule has 2 heterocycles. The van der Waals surface area contributed by atoms with Gasteiger partial charge in [0.15, 0.2) is 0 Å². The van der Waals surface area contributed by atoms with E-state index in [1.165, 1.54) is 0 Å². The van der Waals surface area contributed by atoms with Crippen molar-refractivity contribution in [3.05, 3.63) is 18.5 Å². The van der Waals surface area contributed by atoms with Gasteiger partial charge >= 0.3 is 6.03 Å². The Morgan fingerprint density at radius 1 is 1.26 bits per heavy atom. The minimum Gasteiger partial charge on any atom is -0.277 e. The highest BCUT2D eigenvalue weighted by Gasteiger charge is 2.57. The molecule has 2 aliphatic rings. The van der Waals surface area contributed by atoms with Crippen molar-refractivity contribution in [3.8, 4) is 0 Å². The van der Waals surface area contributed by atoms with Gasteiger partial charge in [-0.15, -0.1) is 0 Å². The Morgan fingerprint density at radius 2 is 2.05 bits per heavy atom. The number of rotatable bonds is 3. The van der Waals surface area contributed by atoms with Gasteiger partial charge in [0, 0.05) is 12.4 Å². The van der Waals surface area contributed by atoms with Gasteiger partial charge in [-0.05, 0) is 18.9 Å². The lowest BCUT2D eigenvalue weighted by atomic mass is 9.66. The number of nitrogens with zero attached hydrogens (tertiary/aromatic N) is 3. The lowest BCUT2D eigenvalue weighted by Crippen LogP contribution is -2.66. The van der Waals surface area contributed by atoms with Gasteiger partial charge in [0.2, 0.25) is 11.8 Å². The third-order valence-corrected chi connectivity index (χ3v) is 3.87. The first-order valence-electron chi connectivity index (χ1n) is 6.28. The number of imide groups is 2. The smallest absolute Gasteiger partial charge is 0.277 e. The molecule has 1 aromatic heterocycles. The molecule has 1 aliphatic heterocycles. The first kappa shape index (κ1) is 11.9. The van der Waals surface area contributed by atoms with Crippen LogP contribution in [0.1, 0.15) is 19.3 Å². The predicted octanol–water partition coefficient (Wildman–Crippen LogP) is 0.132. The zero-order valence-corrected chi connectivity index (χ0v) is 10.3. The van der Waals surface area contributed by atoms with Crippen LogP contribution in [0.4, 0.5) is 4.79 Å². The van der Waals surface area contributed by atoms with Crippen LogP contribution in [0.2, 0.25) is 0 Å². The lowest BCUT2D eigenvalue weighted by molar-refractivity contribution is -0.157. The SMILES string of the molecule is O=C1NC(=O)C2(CCC2)C(=O)N1CCn1cccn1. The molecule has 0 atom stereocenters. The van der Waals surface area contributed by atoms with Gasteiger partial charge in [0.05, 0.1) is 13.1 Å². The molecule has 4 amide bonds. The van der Waals surface area contributed by atoms with Gasteiger partial charge in [-0.1, -0.05) is 6.42 Å². The van der Waals surface area contributed by atoms with Crippen LogP contribution >= 0.6 is 0 Å². The van der Waals surface area contributed by atoms with Crippen molar-refractivity contribution >= 4 is 17.8 Å². The van der Waals surface area contributed by atoms with E-state index in [9.17, 15) is 14.4 Å². The van der Waals surface area contributed by atoms with Crippen LogP contribution < -0.4 is 5.32 Å². The summed E-state index contributed by atoms with van der Waals surface area (Å²) in [5.41, 5.74) is -0.988. The van der Waals surface area contributed by atoms with E-state index in [1.807, 2.05) is 0 Å². The summed E-state index contributed by atoms with van der Waals surface area (Å²) in [7, 11) is 0. The van der Waals surface area contributed by atoms with Crippen LogP contribution in [0.5, 0.6) is 0 Å². The molecule has 0 aromatic carbocycles. The summed E-state index contributed by atoms with van der Waals surface area (Å²) in [4.78, 5) is 37.0. The molecule has 1 aliphatic carbocycles. The molecular weight excluding hydrogens is 248 g/mol. The highest BCUT2D eigenvalue weighted by atomic mass is 16.2. The summed E-state index contributed by atoms with van der Waals surface area (Å²) in [5.74, 6) is -0.802. The maximum atomic E-state index is 12.3. The van der Waals surface area contributed by atoms with Crippen LogP contribution in [-0.4, -0.2) is 39.1 Å². The van der Waals surface area contributed by atoms with E-state index in [1.54, 1.807) is 23.1 Å². The molecule has 1 saturated heterocycles. The Labute approximate surface area is 109 Å². The molecule has 1 aromatic rings. The zero-order chi connectivity index (χ0) is 13.5. The molecular formula is C12H14N4O3. The molecule has 0 unspecified atom stereocenters. The predicted molar refractivity (Wildman–Crippen MR) is 63.8 cm³/mol. The fourth-order valence-corrected chi connectivity index (χ4v) is 2.54. The molecule has 7 nitrogen and oxygen atoms in total. The zero-order valence-electron chi connectivity index (χ0n) is 10.3. The van der Waals surface area contributed by atoms with E-state index >= 15 is 0 Å². The standard InChI is InChI=1S/C12H14N4O3/c17-9-12(3-1-4-12)10(18)16(11(19)14-9)8-7-15-6-2-5-13-15/h2,5-6H,1,3-4,7-8H2,(H,14,17,19). The first-order chi connectivity index (χ1) is 9.13. The van der Waals surface area contributed by atoms with Crippen molar-refractivity contribution in [1.82, 2.24) is 20.0 Å². The number of hydrogen-bond acceptors (Lipinski definition) is 4. The minimum absolute atomic E-state index is 0.224. The van der Waals surface area contributed by atoms with Gasteiger partial charge in [-0.25, -0.2) is 4.79 Å². The summed E-state index contributed by atoms with van der Waals surface area (Å²) in [5, 5.41) is 6.30.